The van der Waals surface area contributed by atoms with Gasteiger partial charge in [0.05, 0.1) is 0 Å². The number of hydrogen-bond acceptors (Lipinski definition) is 4. The van der Waals surface area contributed by atoms with Crippen LogP contribution < -0.4 is 0 Å². The second kappa shape index (κ2) is 6.95. The van der Waals surface area contributed by atoms with Gasteiger partial charge in [-0.1, -0.05) is 18.0 Å². The molecule has 3 heterocycles. The number of nitrogens with zero attached hydrogens (tertiary/aromatic N) is 3. The zero-order valence-corrected chi connectivity index (χ0v) is 15.9. The highest BCUT2D eigenvalue weighted by molar-refractivity contribution is 5.96. The first-order valence-electron chi connectivity index (χ1n) is 10.8. The zero-order chi connectivity index (χ0) is 18.4. The summed E-state index contributed by atoms with van der Waals surface area (Å²) in [6.45, 7) is 1.50. The van der Waals surface area contributed by atoms with Gasteiger partial charge in [0.1, 0.15) is 11.8 Å². The number of carbonyl (C=O) groups excluding carboxylic acids is 2. The van der Waals surface area contributed by atoms with Crippen LogP contribution in [0.4, 0.5) is 0 Å². The SMILES string of the molecule is O=C(c1cc(C2CC2)on1)N1CCC[C@H]1C(=O)N1CCC[C@H]1C1CCCC1. The molecule has 1 aromatic rings. The number of aromatic nitrogens is 1. The van der Waals surface area contributed by atoms with Crippen molar-refractivity contribution >= 4 is 11.8 Å². The standard InChI is InChI=1S/C21H29N3O3/c25-20(16-13-19(27-22-16)15-9-10-15)24-12-4-8-18(24)21(26)23-11-3-7-17(23)14-5-1-2-6-14/h13-15,17-18H,1-12H2/t17-,18-/m0/s1. The predicted octanol–water partition coefficient (Wildman–Crippen LogP) is 3.34. The van der Waals surface area contributed by atoms with Crippen molar-refractivity contribution in [3.05, 3.63) is 17.5 Å². The summed E-state index contributed by atoms with van der Waals surface area (Å²) in [6, 6.07) is 1.86. The summed E-state index contributed by atoms with van der Waals surface area (Å²) in [5.74, 6) is 1.95. The molecule has 2 aliphatic carbocycles. The van der Waals surface area contributed by atoms with Crippen LogP contribution >= 0.6 is 0 Å². The minimum absolute atomic E-state index is 0.141. The summed E-state index contributed by atoms with van der Waals surface area (Å²) < 4.78 is 5.36. The van der Waals surface area contributed by atoms with Gasteiger partial charge in [-0.3, -0.25) is 9.59 Å². The van der Waals surface area contributed by atoms with Crippen LogP contribution in [0.2, 0.25) is 0 Å². The van der Waals surface area contributed by atoms with Crippen LogP contribution in [-0.2, 0) is 4.79 Å². The van der Waals surface area contributed by atoms with E-state index in [1.54, 1.807) is 11.0 Å². The number of likely N-dealkylation sites (tertiary alicyclic amines) is 2. The Morgan fingerprint density at radius 1 is 0.926 bits per heavy atom. The van der Waals surface area contributed by atoms with E-state index in [0.717, 1.165) is 50.8 Å². The Labute approximate surface area is 160 Å². The first-order valence-corrected chi connectivity index (χ1v) is 10.8. The van der Waals surface area contributed by atoms with Crippen molar-refractivity contribution in [2.75, 3.05) is 13.1 Å². The van der Waals surface area contributed by atoms with Crippen molar-refractivity contribution in [1.82, 2.24) is 15.0 Å². The van der Waals surface area contributed by atoms with Crippen molar-refractivity contribution in [3.8, 4) is 0 Å². The van der Waals surface area contributed by atoms with E-state index in [1.165, 1.54) is 25.7 Å². The molecule has 4 fully saturated rings. The Kier molecular flexibility index (Phi) is 4.44. The van der Waals surface area contributed by atoms with E-state index in [1.807, 2.05) is 0 Å². The topological polar surface area (TPSA) is 66.7 Å². The van der Waals surface area contributed by atoms with Crippen LogP contribution in [0.1, 0.15) is 86.4 Å². The van der Waals surface area contributed by atoms with Gasteiger partial charge in [-0.25, -0.2) is 0 Å². The lowest BCUT2D eigenvalue weighted by atomic mass is 9.95. The average Bonchev–Trinajstić information content (AvgIpc) is 3.23. The molecule has 2 saturated carbocycles. The molecule has 0 unspecified atom stereocenters. The zero-order valence-electron chi connectivity index (χ0n) is 15.9. The Hall–Kier alpha value is -1.85. The van der Waals surface area contributed by atoms with Gasteiger partial charge < -0.3 is 14.3 Å². The molecular formula is C21H29N3O3. The van der Waals surface area contributed by atoms with E-state index < -0.39 is 0 Å². The number of carbonyl (C=O) groups is 2. The van der Waals surface area contributed by atoms with Crippen molar-refractivity contribution in [3.63, 3.8) is 0 Å². The minimum Gasteiger partial charge on any atom is -0.360 e. The Bertz CT molecular complexity index is 720. The second-order valence-electron chi connectivity index (χ2n) is 8.83. The highest BCUT2D eigenvalue weighted by Crippen LogP contribution is 2.40. The molecule has 6 nitrogen and oxygen atoms in total. The summed E-state index contributed by atoms with van der Waals surface area (Å²) in [4.78, 5) is 30.2. The van der Waals surface area contributed by atoms with Crippen molar-refractivity contribution in [2.45, 2.75) is 82.2 Å². The molecule has 27 heavy (non-hydrogen) atoms. The smallest absolute Gasteiger partial charge is 0.276 e. The number of rotatable bonds is 4. The molecular weight excluding hydrogens is 342 g/mol. The molecule has 2 amide bonds. The Morgan fingerprint density at radius 3 is 2.44 bits per heavy atom. The van der Waals surface area contributed by atoms with Crippen LogP contribution in [0.5, 0.6) is 0 Å². The van der Waals surface area contributed by atoms with Gasteiger partial charge in [-0.15, -0.1) is 0 Å². The number of amides is 2. The second-order valence-corrected chi connectivity index (χ2v) is 8.83. The molecule has 4 aliphatic rings. The summed E-state index contributed by atoms with van der Waals surface area (Å²) in [6.07, 6.45) is 11.2. The maximum absolute atomic E-state index is 13.4. The van der Waals surface area contributed by atoms with Gasteiger partial charge in [-0.05, 0) is 57.3 Å². The molecule has 5 rings (SSSR count). The average molecular weight is 371 g/mol. The predicted molar refractivity (Wildman–Crippen MR) is 99.2 cm³/mol. The van der Waals surface area contributed by atoms with E-state index in [0.29, 0.717) is 30.1 Å². The molecule has 0 N–H and O–H groups in total. The maximum atomic E-state index is 13.4. The fraction of sp³-hybridized carbons (Fsp3) is 0.762. The minimum atomic E-state index is -0.319. The van der Waals surface area contributed by atoms with Gasteiger partial charge in [-0.2, -0.15) is 0 Å². The lowest BCUT2D eigenvalue weighted by molar-refractivity contribution is -0.137. The third kappa shape index (κ3) is 3.17. The van der Waals surface area contributed by atoms with Crippen molar-refractivity contribution in [2.24, 2.45) is 5.92 Å². The third-order valence-electron chi connectivity index (χ3n) is 7.05. The van der Waals surface area contributed by atoms with E-state index in [4.69, 9.17) is 4.52 Å². The molecule has 2 atom stereocenters. The van der Waals surface area contributed by atoms with Crippen LogP contribution in [-0.4, -0.2) is 51.9 Å². The first kappa shape index (κ1) is 17.3. The molecule has 6 heteroatoms. The van der Waals surface area contributed by atoms with E-state index in [2.05, 4.69) is 10.1 Å². The molecule has 1 aromatic heterocycles. The molecule has 2 saturated heterocycles. The fourth-order valence-corrected chi connectivity index (χ4v) is 5.45. The molecule has 0 radical (unpaired) electrons. The molecule has 0 bridgehead atoms. The van der Waals surface area contributed by atoms with Crippen LogP contribution in [0.25, 0.3) is 0 Å². The van der Waals surface area contributed by atoms with Crippen LogP contribution in [0.3, 0.4) is 0 Å². The largest absolute Gasteiger partial charge is 0.360 e. The lowest BCUT2D eigenvalue weighted by Crippen LogP contribution is -2.50. The first-order chi connectivity index (χ1) is 13.2. The summed E-state index contributed by atoms with van der Waals surface area (Å²) in [7, 11) is 0. The maximum Gasteiger partial charge on any atom is 0.276 e. The molecule has 2 aliphatic heterocycles. The third-order valence-corrected chi connectivity index (χ3v) is 7.05. The number of hydrogen-bond donors (Lipinski definition) is 0. The lowest BCUT2D eigenvalue weighted by Gasteiger charge is -2.33. The van der Waals surface area contributed by atoms with Gasteiger partial charge in [0.15, 0.2) is 5.69 Å². The van der Waals surface area contributed by atoms with Crippen molar-refractivity contribution < 1.29 is 14.1 Å². The molecule has 0 aromatic carbocycles. The summed E-state index contributed by atoms with van der Waals surface area (Å²) in [5, 5.41) is 4.00. The fourth-order valence-electron chi connectivity index (χ4n) is 5.45. The normalized spacial score (nSPS) is 29.0. The van der Waals surface area contributed by atoms with Crippen LogP contribution in [0.15, 0.2) is 10.6 Å². The Balaban J connectivity index is 1.30. The molecule has 146 valence electrons. The van der Waals surface area contributed by atoms with E-state index in [9.17, 15) is 9.59 Å². The van der Waals surface area contributed by atoms with E-state index >= 15 is 0 Å². The summed E-state index contributed by atoms with van der Waals surface area (Å²) in [5.41, 5.74) is 0.366. The van der Waals surface area contributed by atoms with Gasteiger partial charge in [0.25, 0.3) is 5.91 Å². The highest BCUT2D eigenvalue weighted by atomic mass is 16.5. The summed E-state index contributed by atoms with van der Waals surface area (Å²) >= 11 is 0. The highest BCUT2D eigenvalue weighted by Gasteiger charge is 2.43. The van der Waals surface area contributed by atoms with E-state index in [-0.39, 0.29) is 17.9 Å². The van der Waals surface area contributed by atoms with Crippen molar-refractivity contribution in [1.29, 1.82) is 0 Å². The van der Waals surface area contributed by atoms with Gasteiger partial charge in [0, 0.05) is 31.1 Å². The van der Waals surface area contributed by atoms with Gasteiger partial charge >= 0.3 is 0 Å². The molecule has 0 spiro atoms. The monoisotopic (exact) mass is 371 g/mol. The quantitative estimate of drug-likeness (QED) is 0.814. The Morgan fingerprint density at radius 2 is 1.67 bits per heavy atom. The van der Waals surface area contributed by atoms with Crippen LogP contribution in [0, 0.1) is 5.92 Å². The van der Waals surface area contributed by atoms with Gasteiger partial charge in [0.2, 0.25) is 5.91 Å².